The van der Waals surface area contributed by atoms with Gasteiger partial charge in [-0.25, -0.2) is 0 Å². The lowest BCUT2D eigenvalue weighted by Crippen LogP contribution is -2.54. The van der Waals surface area contributed by atoms with Crippen LogP contribution in [0.1, 0.15) is 36.0 Å². The molecule has 2 N–H and O–H groups in total. The Morgan fingerprint density at radius 1 is 1.44 bits per heavy atom. The Morgan fingerprint density at radius 2 is 2.11 bits per heavy atom. The number of hydrogen-bond acceptors (Lipinski definition) is 3. The smallest absolute Gasteiger partial charge is 0.305 e. The van der Waals surface area contributed by atoms with Gasteiger partial charge in [-0.1, -0.05) is 0 Å². The predicted molar refractivity (Wildman–Crippen MR) is 76.0 cm³/mol. The van der Waals surface area contributed by atoms with Crippen LogP contribution in [0, 0.1) is 0 Å². The van der Waals surface area contributed by atoms with Crippen LogP contribution in [0.25, 0.3) is 0 Å². The lowest BCUT2D eigenvalue weighted by atomic mass is 9.74. The summed E-state index contributed by atoms with van der Waals surface area (Å²) in [6.07, 6.45) is 2.41. The number of amides is 1. The molecule has 0 aliphatic heterocycles. The number of carboxylic acid groups (broad SMARTS) is 1. The minimum atomic E-state index is -0.874. The molecule has 0 unspecified atom stereocenters. The SMILES string of the molecule is O=C(O)CC1(NC(=O)c2cc(Br)sc2Br)CCC1. The third-order valence-electron chi connectivity index (χ3n) is 3.08. The number of rotatable bonds is 4. The molecule has 0 aromatic carbocycles. The van der Waals surface area contributed by atoms with E-state index in [2.05, 4.69) is 37.2 Å². The van der Waals surface area contributed by atoms with Crippen molar-refractivity contribution in [3.8, 4) is 0 Å². The first-order valence-electron chi connectivity index (χ1n) is 5.41. The highest BCUT2D eigenvalue weighted by Gasteiger charge is 2.40. The molecule has 0 radical (unpaired) electrons. The van der Waals surface area contributed by atoms with Crippen LogP contribution < -0.4 is 5.32 Å². The van der Waals surface area contributed by atoms with E-state index in [0.717, 1.165) is 26.8 Å². The van der Waals surface area contributed by atoms with Crippen molar-refractivity contribution in [3.63, 3.8) is 0 Å². The summed E-state index contributed by atoms with van der Waals surface area (Å²) in [6.45, 7) is 0. The van der Waals surface area contributed by atoms with Crippen LogP contribution in [-0.4, -0.2) is 22.5 Å². The number of carbonyl (C=O) groups excluding carboxylic acids is 1. The van der Waals surface area contributed by atoms with Gasteiger partial charge in [0.2, 0.25) is 0 Å². The molecule has 1 fully saturated rings. The molecule has 0 atom stereocenters. The number of carbonyl (C=O) groups is 2. The first kappa shape index (κ1) is 14.0. The van der Waals surface area contributed by atoms with E-state index in [-0.39, 0.29) is 12.3 Å². The highest BCUT2D eigenvalue weighted by molar-refractivity contribution is 9.12. The second-order valence-electron chi connectivity index (χ2n) is 4.40. The maximum atomic E-state index is 12.1. The molecule has 0 spiro atoms. The van der Waals surface area contributed by atoms with Crippen molar-refractivity contribution >= 4 is 55.1 Å². The van der Waals surface area contributed by atoms with Gasteiger partial charge < -0.3 is 10.4 Å². The number of carboxylic acids is 1. The summed E-state index contributed by atoms with van der Waals surface area (Å²) >= 11 is 8.06. The number of aliphatic carboxylic acids is 1. The zero-order valence-electron chi connectivity index (χ0n) is 9.33. The van der Waals surface area contributed by atoms with Crippen LogP contribution in [-0.2, 0) is 4.79 Å². The van der Waals surface area contributed by atoms with Gasteiger partial charge in [-0.2, -0.15) is 0 Å². The molecule has 1 aromatic rings. The van der Waals surface area contributed by atoms with Crippen molar-refractivity contribution in [2.45, 2.75) is 31.2 Å². The Labute approximate surface area is 125 Å². The normalized spacial score (nSPS) is 17.0. The standard InChI is InChI=1S/C11H11Br2NO3S/c12-7-4-6(9(13)18-7)10(17)14-11(2-1-3-11)5-8(15)16/h4H,1-3,5H2,(H,14,17)(H,15,16). The Hall–Kier alpha value is -0.400. The summed E-state index contributed by atoms with van der Waals surface area (Å²) < 4.78 is 1.61. The first-order valence-corrected chi connectivity index (χ1v) is 7.81. The lowest BCUT2D eigenvalue weighted by molar-refractivity contribution is -0.139. The van der Waals surface area contributed by atoms with Crippen molar-refractivity contribution < 1.29 is 14.7 Å². The lowest BCUT2D eigenvalue weighted by Gasteiger charge is -2.41. The van der Waals surface area contributed by atoms with E-state index in [1.54, 1.807) is 6.07 Å². The Morgan fingerprint density at radius 3 is 2.50 bits per heavy atom. The van der Waals surface area contributed by atoms with E-state index in [4.69, 9.17) is 5.11 Å². The molecule has 0 saturated heterocycles. The number of hydrogen-bond donors (Lipinski definition) is 2. The van der Waals surface area contributed by atoms with Gasteiger partial charge in [-0.3, -0.25) is 9.59 Å². The molecule has 2 rings (SSSR count). The quantitative estimate of drug-likeness (QED) is 0.819. The zero-order valence-corrected chi connectivity index (χ0v) is 13.3. The summed E-state index contributed by atoms with van der Waals surface area (Å²) in [7, 11) is 0. The van der Waals surface area contributed by atoms with Crippen molar-refractivity contribution in [1.29, 1.82) is 0 Å². The van der Waals surface area contributed by atoms with E-state index in [0.29, 0.717) is 5.56 Å². The summed E-state index contributed by atoms with van der Waals surface area (Å²) in [5.74, 6) is -1.09. The summed E-state index contributed by atoms with van der Waals surface area (Å²) in [6, 6.07) is 1.73. The second kappa shape index (κ2) is 5.30. The van der Waals surface area contributed by atoms with Crippen LogP contribution in [0.15, 0.2) is 13.6 Å². The van der Waals surface area contributed by atoms with Gasteiger partial charge in [-0.05, 0) is 57.2 Å². The average molecular weight is 397 g/mol. The monoisotopic (exact) mass is 395 g/mol. The minimum absolute atomic E-state index is 0.0122. The Kier molecular flexibility index (Phi) is 4.13. The first-order chi connectivity index (χ1) is 8.42. The summed E-state index contributed by atoms with van der Waals surface area (Å²) in [5, 5.41) is 11.8. The molecule has 7 heteroatoms. The number of nitrogens with one attached hydrogen (secondary N) is 1. The Bertz CT molecular complexity index is 496. The van der Waals surface area contributed by atoms with Gasteiger partial charge in [0, 0.05) is 0 Å². The molecule has 4 nitrogen and oxygen atoms in total. The van der Waals surface area contributed by atoms with Crippen LogP contribution in [0.3, 0.4) is 0 Å². The molecule has 1 aliphatic carbocycles. The summed E-state index contributed by atoms with van der Waals surface area (Å²) in [5.41, 5.74) is -0.0138. The molecular formula is C11H11Br2NO3S. The molecule has 1 aliphatic rings. The van der Waals surface area contributed by atoms with Crippen LogP contribution in [0.4, 0.5) is 0 Å². The average Bonchev–Trinajstić information content (AvgIpc) is 2.53. The van der Waals surface area contributed by atoms with Crippen LogP contribution in [0.5, 0.6) is 0 Å². The zero-order chi connectivity index (χ0) is 13.3. The molecule has 1 aromatic heterocycles. The summed E-state index contributed by atoms with van der Waals surface area (Å²) in [4.78, 5) is 23.0. The molecule has 1 amide bonds. The van der Waals surface area contributed by atoms with Crippen molar-refractivity contribution in [2.24, 2.45) is 0 Å². The van der Waals surface area contributed by atoms with Crippen LogP contribution in [0.2, 0.25) is 0 Å². The van der Waals surface area contributed by atoms with Crippen LogP contribution >= 0.6 is 43.2 Å². The fourth-order valence-corrected chi connectivity index (χ4v) is 4.84. The molecule has 0 bridgehead atoms. The van der Waals surface area contributed by atoms with Gasteiger partial charge in [0.05, 0.1) is 25.1 Å². The highest BCUT2D eigenvalue weighted by atomic mass is 79.9. The third kappa shape index (κ3) is 2.95. The molecule has 98 valence electrons. The molecule has 18 heavy (non-hydrogen) atoms. The fraction of sp³-hybridized carbons (Fsp3) is 0.455. The van der Waals surface area contributed by atoms with Gasteiger partial charge in [0.15, 0.2) is 0 Å². The maximum Gasteiger partial charge on any atom is 0.305 e. The second-order valence-corrected chi connectivity index (χ2v) is 8.15. The Balaban J connectivity index is 2.11. The van der Waals surface area contributed by atoms with E-state index in [1.807, 2.05) is 0 Å². The molecule has 1 saturated carbocycles. The molecular weight excluding hydrogens is 386 g/mol. The maximum absolute atomic E-state index is 12.1. The van der Waals surface area contributed by atoms with Crippen molar-refractivity contribution in [3.05, 3.63) is 19.2 Å². The van der Waals surface area contributed by atoms with E-state index < -0.39 is 11.5 Å². The van der Waals surface area contributed by atoms with E-state index in [1.165, 1.54) is 11.3 Å². The number of thiophene rings is 1. The van der Waals surface area contributed by atoms with E-state index in [9.17, 15) is 9.59 Å². The van der Waals surface area contributed by atoms with Gasteiger partial charge in [0.1, 0.15) is 0 Å². The largest absolute Gasteiger partial charge is 0.481 e. The minimum Gasteiger partial charge on any atom is -0.481 e. The third-order valence-corrected chi connectivity index (χ3v) is 5.42. The van der Waals surface area contributed by atoms with Crippen molar-refractivity contribution in [1.82, 2.24) is 5.32 Å². The fourth-order valence-electron chi connectivity index (χ4n) is 2.04. The highest BCUT2D eigenvalue weighted by Crippen LogP contribution is 2.37. The van der Waals surface area contributed by atoms with Gasteiger partial charge in [0.25, 0.3) is 5.91 Å². The van der Waals surface area contributed by atoms with E-state index >= 15 is 0 Å². The molecule has 1 heterocycles. The topological polar surface area (TPSA) is 66.4 Å². The van der Waals surface area contributed by atoms with Gasteiger partial charge >= 0.3 is 5.97 Å². The van der Waals surface area contributed by atoms with Gasteiger partial charge in [-0.15, -0.1) is 11.3 Å². The van der Waals surface area contributed by atoms with Crippen molar-refractivity contribution in [2.75, 3.05) is 0 Å². The number of halogens is 2. The predicted octanol–water partition coefficient (Wildman–Crippen LogP) is 3.40.